The smallest absolute Gasteiger partial charge is 0.307 e. The number of piperidine rings is 1. The standard InChI is InChI=1S/C26H34ClN3O4/c1-25(2,3)34-23(31)16-20(15-22-7-4-5-14-30(22)33)24(32)29-13-6-12-26(28,18-29)17-19-8-10-21(27)11-9-19/h4-5,7-11,14,20H,6,12-13,15-18,28H2,1-3H3. The molecule has 1 aromatic heterocycles. The molecule has 0 spiro atoms. The fourth-order valence-electron chi connectivity index (χ4n) is 4.46. The van der Waals surface area contributed by atoms with Gasteiger partial charge in [-0.2, -0.15) is 4.73 Å². The summed E-state index contributed by atoms with van der Waals surface area (Å²) in [7, 11) is 0. The van der Waals surface area contributed by atoms with E-state index in [-0.39, 0.29) is 18.7 Å². The second-order valence-corrected chi connectivity index (χ2v) is 10.7. The Kier molecular flexibility index (Phi) is 8.21. The molecule has 2 aromatic rings. The summed E-state index contributed by atoms with van der Waals surface area (Å²) in [5.41, 5.74) is 7.00. The average Bonchev–Trinajstić information content (AvgIpc) is 2.74. The Labute approximate surface area is 206 Å². The normalized spacial score (nSPS) is 19.5. The quantitative estimate of drug-likeness (QED) is 0.366. The molecule has 3 rings (SSSR count). The van der Waals surface area contributed by atoms with E-state index in [4.69, 9.17) is 22.1 Å². The van der Waals surface area contributed by atoms with Gasteiger partial charge in [0.15, 0.2) is 11.9 Å². The predicted molar refractivity (Wildman–Crippen MR) is 131 cm³/mol. The zero-order valence-electron chi connectivity index (χ0n) is 20.1. The molecule has 2 atom stereocenters. The van der Waals surface area contributed by atoms with Crippen molar-refractivity contribution in [3.05, 3.63) is 70.1 Å². The predicted octanol–water partition coefficient (Wildman–Crippen LogP) is 3.43. The van der Waals surface area contributed by atoms with Crippen molar-refractivity contribution in [2.45, 2.75) is 64.0 Å². The molecule has 0 saturated carbocycles. The van der Waals surface area contributed by atoms with Gasteiger partial charge in [-0.25, -0.2) is 0 Å². The fourth-order valence-corrected chi connectivity index (χ4v) is 4.59. The zero-order chi connectivity index (χ0) is 24.9. The number of carbonyl (C=O) groups is 2. The number of nitrogens with zero attached hydrogens (tertiary/aromatic N) is 2. The van der Waals surface area contributed by atoms with Crippen molar-refractivity contribution in [1.29, 1.82) is 0 Å². The number of rotatable bonds is 7. The number of carbonyl (C=O) groups excluding carboxylic acids is 2. The third kappa shape index (κ3) is 7.43. The Balaban J connectivity index is 1.77. The van der Waals surface area contributed by atoms with Crippen LogP contribution in [-0.2, 0) is 27.2 Å². The van der Waals surface area contributed by atoms with Gasteiger partial charge in [0.2, 0.25) is 5.91 Å². The Morgan fingerprint density at radius 2 is 1.94 bits per heavy atom. The average molecular weight is 488 g/mol. The second kappa shape index (κ2) is 10.7. The number of nitrogens with two attached hydrogens (primary N) is 1. The van der Waals surface area contributed by atoms with Gasteiger partial charge in [0.1, 0.15) is 5.60 Å². The van der Waals surface area contributed by atoms with Crippen molar-refractivity contribution in [3.63, 3.8) is 0 Å². The monoisotopic (exact) mass is 487 g/mol. The van der Waals surface area contributed by atoms with E-state index in [1.165, 1.54) is 6.20 Å². The first-order valence-electron chi connectivity index (χ1n) is 11.7. The Morgan fingerprint density at radius 1 is 1.24 bits per heavy atom. The van der Waals surface area contributed by atoms with Gasteiger partial charge < -0.3 is 20.6 Å². The molecule has 184 valence electrons. The molecule has 34 heavy (non-hydrogen) atoms. The minimum Gasteiger partial charge on any atom is -0.619 e. The minimum atomic E-state index is -0.713. The van der Waals surface area contributed by atoms with Crippen molar-refractivity contribution in [2.75, 3.05) is 13.1 Å². The van der Waals surface area contributed by atoms with Gasteiger partial charge in [-0.1, -0.05) is 29.8 Å². The van der Waals surface area contributed by atoms with Crippen LogP contribution in [0.15, 0.2) is 48.7 Å². The molecule has 0 bridgehead atoms. The molecule has 1 amide bonds. The van der Waals surface area contributed by atoms with E-state index in [0.29, 0.717) is 30.2 Å². The van der Waals surface area contributed by atoms with Gasteiger partial charge in [-0.3, -0.25) is 9.59 Å². The summed E-state index contributed by atoms with van der Waals surface area (Å²) in [4.78, 5) is 28.0. The van der Waals surface area contributed by atoms with Crippen molar-refractivity contribution in [3.8, 4) is 0 Å². The van der Waals surface area contributed by atoms with Crippen LogP contribution in [0, 0.1) is 11.1 Å². The third-order valence-corrected chi connectivity index (χ3v) is 6.18. The molecule has 2 N–H and O–H groups in total. The fraction of sp³-hybridized carbons (Fsp3) is 0.500. The minimum absolute atomic E-state index is 0.101. The maximum Gasteiger partial charge on any atom is 0.307 e. The molecule has 2 heterocycles. The second-order valence-electron chi connectivity index (χ2n) is 10.2. The third-order valence-electron chi connectivity index (χ3n) is 5.93. The maximum atomic E-state index is 13.6. The van der Waals surface area contributed by atoms with E-state index in [2.05, 4.69) is 0 Å². The molecule has 0 aliphatic carbocycles. The van der Waals surface area contributed by atoms with Gasteiger partial charge in [0.05, 0.1) is 12.3 Å². The maximum absolute atomic E-state index is 13.6. The lowest BCUT2D eigenvalue weighted by atomic mass is 9.83. The number of esters is 1. The van der Waals surface area contributed by atoms with Crippen LogP contribution in [0.3, 0.4) is 0 Å². The summed E-state index contributed by atoms with van der Waals surface area (Å²) in [6.45, 7) is 6.30. The van der Waals surface area contributed by atoms with E-state index < -0.39 is 23.0 Å². The van der Waals surface area contributed by atoms with Gasteiger partial charge in [0.25, 0.3) is 0 Å². The summed E-state index contributed by atoms with van der Waals surface area (Å²) >= 11 is 6.00. The number of hydrogen-bond donors (Lipinski definition) is 1. The highest BCUT2D eigenvalue weighted by molar-refractivity contribution is 6.30. The number of likely N-dealkylation sites (tertiary alicyclic amines) is 1. The van der Waals surface area contributed by atoms with Crippen LogP contribution in [-0.4, -0.2) is 41.0 Å². The summed E-state index contributed by atoms with van der Waals surface area (Å²) in [5.74, 6) is -1.35. The molecule has 8 heteroatoms. The van der Waals surface area contributed by atoms with Crippen LogP contribution in [0.5, 0.6) is 0 Å². The number of halogens is 1. The van der Waals surface area contributed by atoms with E-state index in [9.17, 15) is 14.8 Å². The van der Waals surface area contributed by atoms with Crippen LogP contribution in [0.1, 0.15) is 51.3 Å². The summed E-state index contributed by atoms with van der Waals surface area (Å²) in [5, 5.41) is 12.9. The number of amides is 1. The van der Waals surface area contributed by atoms with Crippen LogP contribution in [0.25, 0.3) is 0 Å². The van der Waals surface area contributed by atoms with Gasteiger partial charge in [-0.15, -0.1) is 0 Å². The molecule has 7 nitrogen and oxygen atoms in total. The lowest BCUT2D eigenvalue weighted by Gasteiger charge is -2.41. The van der Waals surface area contributed by atoms with E-state index in [0.717, 1.165) is 23.1 Å². The SMILES string of the molecule is CC(C)(C)OC(=O)CC(Cc1cccc[n+]1[O-])C(=O)N1CCCC(N)(Cc2ccc(Cl)cc2)C1. The van der Waals surface area contributed by atoms with Crippen LogP contribution >= 0.6 is 11.6 Å². The van der Waals surface area contributed by atoms with Crippen LogP contribution in [0.4, 0.5) is 0 Å². The largest absolute Gasteiger partial charge is 0.619 e. The highest BCUT2D eigenvalue weighted by Crippen LogP contribution is 2.27. The van der Waals surface area contributed by atoms with Crippen molar-refractivity contribution in [1.82, 2.24) is 4.90 Å². The van der Waals surface area contributed by atoms with E-state index in [1.807, 2.05) is 24.3 Å². The highest BCUT2D eigenvalue weighted by atomic mass is 35.5. The van der Waals surface area contributed by atoms with Crippen molar-refractivity contribution in [2.24, 2.45) is 11.7 Å². The molecule has 1 aliphatic rings. The number of pyridine rings is 1. The molecule has 1 saturated heterocycles. The van der Waals surface area contributed by atoms with Crippen LogP contribution in [0.2, 0.25) is 5.02 Å². The first kappa shape index (κ1) is 26.0. The molecule has 1 fully saturated rings. The summed E-state index contributed by atoms with van der Waals surface area (Å²) in [6.07, 6.45) is 3.60. The molecule has 1 aromatic carbocycles. The topological polar surface area (TPSA) is 99.6 Å². The molecule has 0 radical (unpaired) electrons. The molecule has 2 unspecified atom stereocenters. The Hall–Kier alpha value is -2.64. The number of aromatic nitrogens is 1. The number of ether oxygens (including phenoxy) is 1. The first-order valence-corrected chi connectivity index (χ1v) is 12.0. The lowest BCUT2D eigenvalue weighted by Crippen LogP contribution is -2.58. The van der Waals surface area contributed by atoms with E-state index in [1.54, 1.807) is 43.9 Å². The Morgan fingerprint density at radius 3 is 2.59 bits per heavy atom. The summed E-state index contributed by atoms with van der Waals surface area (Å²) < 4.78 is 6.21. The zero-order valence-corrected chi connectivity index (χ0v) is 20.9. The van der Waals surface area contributed by atoms with Crippen molar-refractivity contribution < 1.29 is 19.1 Å². The number of benzene rings is 1. The molecule has 1 aliphatic heterocycles. The molecular formula is C26H34ClN3O4. The van der Waals surface area contributed by atoms with Gasteiger partial charge in [0, 0.05) is 42.2 Å². The number of hydrogen-bond acceptors (Lipinski definition) is 5. The molecular weight excluding hydrogens is 454 g/mol. The van der Waals surface area contributed by atoms with E-state index >= 15 is 0 Å². The van der Waals surface area contributed by atoms with Crippen LogP contribution < -0.4 is 10.5 Å². The Bertz CT molecular complexity index is 1010. The van der Waals surface area contributed by atoms with Gasteiger partial charge >= 0.3 is 5.97 Å². The summed E-state index contributed by atoms with van der Waals surface area (Å²) in [6, 6.07) is 12.6. The van der Waals surface area contributed by atoms with Crippen molar-refractivity contribution >= 4 is 23.5 Å². The highest BCUT2D eigenvalue weighted by Gasteiger charge is 2.38. The lowest BCUT2D eigenvalue weighted by molar-refractivity contribution is -0.614. The van der Waals surface area contributed by atoms with Gasteiger partial charge in [-0.05, 0) is 57.7 Å². The first-order chi connectivity index (χ1) is 15.9.